The standard InChI is InChI=1S/C15H22N4/c1-11-5-6-12(9-16)14(19-11)18-10-13-15(2,3)7-4-8-17-13/h5-6,13,17H,4,7-8,10H2,1-3H3,(H,18,19). The number of anilines is 1. The summed E-state index contributed by atoms with van der Waals surface area (Å²) >= 11 is 0. The van der Waals surface area contributed by atoms with E-state index in [0.29, 0.717) is 17.4 Å². The number of piperidine rings is 1. The predicted molar refractivity (Wildman–Crippen MR) is 77.0 cm³/mol. The van der Waals surface area contributed by atoms with Crippen molar-refractivity contribution in [3.63, 3.8) is 0 Å². The molecule has 0 radical (unpaired) electrons. The van der Waals surface area contributed by atoms with Crippen LogP contribution < -0.4 is 10.6 Å². The van der Waals surface area contributed by atoms with E-state index >= 15 is 0 Å². The van der Waals surface area contributed by atoms with Crippen LogP contribution in [0.3, 0.4) is 0 Å². The van der Waals surface area contributed by atoms with Gasteiger partial charge in [-0.05, 0) is 43.9 Å². The highest BCUT2D eigenvalue weighted by Gasteiger charge is 2.31. The molecule has 4 heteroatoms. The van der Waals surface area contributed by atoms with Gasteiger partial charge < -0.3 is 10.6 Å². The van der Waals surface area contributed by atoms with Crippen LogP contribution in [0.25, 0.3) is 0 Å². The quantitative estimate of drug-likeness (QED) is 0.874. The Labute approximate surface area is 115 Å². The number of hydrogen-bond donors (Lipinski definition) is 2. The minimum absolute atomic E-state index is 0.280. The Bertz CT molecular complexity index is 487. The highest BCUT2D eigenvalue weighted by molar-refractivity contribution is 5.52. The molecular weight excluding hydrogens is 236 g/mol. The fourth-order valence-electron chi connectivity index (χ4n) is 2.60. The fraction of sp³-hybridized carbons (Fsp3) is 0.600. The molecule has 102 valence electrons. The van der Waals surface area contributed by atoms with Crippen molar-refractivity contribution in [3.05, 3.63) is 23.4 Å². The molecule has 0 bridgehead atoms. The first-order chi connectivity index (χ1) is 9.03. The lowest BCUT2D eigenvalue weighted by Gasteiger charge is -2.39. The maximum absolute atomic E-state index is 9.10. The van der Waals surface area contributed by atoms with Gasteiger partial charge in [0.15, 0.2) is 0 Å². The number of nitrogens with one attached hydrogen (secondary N) is 2. The lowest BCUT2D eigenvalue weighted by atomic mass is 9.77. The van der Waals surface area contributed by atoms with Crippen molar-refractivity contribution in [2.24, 2.45) is 5.41 Å². The van der Waals surface area contributed by atoms with Gasteiger partial charge in [0.1, 0.15) is 11.9 Å². The molecule has 1 aromatic rings. The Morgan fingerprint density at radius 1 is 1.53 bits per heavy atom. The van der Waals surface area contributed by atoms with Gasteiger partial charge in [-0.2, -0.15) is 5.26 Å². The summed E-state index contributed by atoms with van der Waals surface area (Å²) in [6, 6.07) is 6.29. The summed E-state index contributed by atoms with van der Waals surface area (Å²) < 4.78 is 0. The van der Waals surface area contributed by atoms with E-state index in [-0.39, 0.29) is 5.41 Å². The molecule has 0 saturated carbocycles. The van der Waals surface area contributed by atoms with Crippen LogP contribution in [-0.4, -0.2) is 24.1 Å². The Morgan fingerprint density at radius 2 is 2.32 bits per heavy atom. The third-order valence-corrected chi connectivity index (χ3v) is 3.96. The number of pyridine rings is 1. The molecule has 19 heavy (non-hydrogen) atoms. The minimum Gasteiger partial charge on any atom is -0.367 e. The number of aromatic nitrogens is 1. The molecule has 1 fully saturated rings. The van der Waals surface area contributed by atoms with Crippen molar-refractivity contribution >= 4 is 5.82 Å². The van der Waals surface area contributed by atoms with Gasteiger partial charge in [0, 0.05) is 18.3 Å². The summed E-state index contributed by atoms with van der Waals surface area (Å²) in [6.45, 7) is 8.40. The van der Waals surface area contributed by atoms with Crippen LogP contribution >= 0.6 is 0 Å². The van der Waals surface area contributed by atoms with Gasteiger partial charge in [-0.15, -0.1) is 0 Å². The second-order valence-electron chi connectivity index (χ2n) is 5.94. The highest BCUT2D eigenvalue weighted by atomic mass is 15.1. The number of rotatable bonds is 3. The van der Waals surface area contributed by atoms with Gasteiger partial charge in [0.2, 0.25) is 0 Å². The molecule has 1 aliphatic rings. The number of nitrogens with zero attached hydrogens (tertiary/aromatic N) is 2. The van der Waals surface area contributed by atoms with Crippen molar-refractivity contribution in [3.8, 4) is 6.07 Å². The zero-order chi connectivity index (χ0) is 13.9. The third kappa shape index (κ3) is 3.24. The number of aryl methyl sites for hydroxylation is 1. The Kier molecular flexibility index (Phi) is 4.06. The van der Waals surface area contributed by atoms with Gasteiger partial charge in [-0.25, -0.2) is 4.98 Å². The summed E-state index contributed by atoms with van der Waals surface area (Å²) in [5.74, 6) is 0.700. The average molecular weight is 258 g/mol. The zero-order valence-corrected chi connectivity index (χ0v) is 12.0. The van der Waals surface area contributed by atoms with E-state index in [0.717, 1.165) is 18.8 Å². The largest absolute Gasteiger partial charge is 0.367 e. The van der Waals surface area contributed by atoms with Crippen LogP contribution in [0.2, 0.25) is 0 Å². The second-order valence-corrected chi connectivity index (χ2v) is 5.94. The Balaban J connectivity index is 2.06. The van der Waals surface area contributed by atoms with E-state index in [1.807, 2.05) is 19.1 Å². The molecule has 0 aromatic carbocycles. The van der Waals surface area contributed by atoms with E-state index in [1.165, 1.54) is 12.8 Å². The van der Waals surface area contributed by atoms with Crippen LogP contribution in [0.15, 0.2) is 12.1 Å². The summed E-state index contributed by atoms with van der Waals surface area (Å²) in [5.41, 5.74) is 1.82. The van der Waals surface area contributed by atoms with E-state index in [4.69, 9.17) is 5.26 Å². The number of hydrogen-bond acceptors (Lipinski definition) is 4. The van der Waals surface area contributed by atoms with Crippen LogP contribution in [-0.2, 0) is 0 Å². The van der Waals surface area contributed by atoms with Gasteiger partial charge in [0.05, 0.1) is 5.56 Å². The first-order valence-electron chi connectivity index (χ1n) is 6.88. The smallest absolute Gasteiger partial charge is 0.144 e. The van der Waals surface area contributed by atoms with Crippen molar-refractivity contribution in [1.29, 1.82) is 5.26 Å². The summed E-state index contributed by atoms with van der Waals surface area (Å²) in [7, 11) is 0. The molecule has 1 aromatic heterocycles. The van der Waals surface area contributed by atoms with E-state index in [1.54, 1.807) is 0 Å². The molecular formula is C15H22N4. The maximum atomic E-state index is 9.10. The summed E-state index contributed by atoms with van der Waals surface area (Å²) in [6.07, 6.45) is 2.47. The van der Waals surface area contributed by atoms with Gasteiger partial charge in [0.25, 0.3) is 0 Å². The Morgan fingerprint density at radius 3 is 3.00 bits per heavy atom. The second kappa shape index (κ2) is 5.58. The molecule has 1 atom stereocenters. The van der Waals surface area contributed by atoms with E-state index < -0.39 is 0 Å². The molecule has 1 aliphatic heterocycles. The lowest BCUT2D eigenvalue weighted by molar-refractivity contribution is 0.188. The van der Waals surface area contributed by atoms with Crippen LogP contribution in [0.4, 0.5) is 5.82 Å². The fourth-order valence-corrected chi connectivity index (χ4v) is 2.60. The molecule has 2 heterocycles. The normalized spacial score (nSPS) is 21.7. The molecule has 1 unspecified atom stereocenters. The average Bonchev–Trinajstić information content (AvgIpc) is 2.37. The van der Waals surface area contributed by atoms with Gasteiger partial charge >= 0.3 is 0 Å². The van der Waals surface area contributed by atoms with Crippen molar-refractivity contribution < 1.29 is 0 Å². The predicted octanol–water partition coefficient (Wildman–Crippen LogP) is 2.45. The monoisotopic (exact) mass is 258 g/mol. The van der Waals surface area contributed by atoms with E-state index in [9.17, 15) is 0 Å². The first kappa shape index (κ1) is 13.8. The van der Waals surface area contributed by atoms with Crippen LogP contribution in [0, 0.1) is 23.7 Å². The molecule has 0 aliphatic carbocycles. The molecule has 2 N–H and O–H groups in total. The first-order valence-corrected chi connectivity index (χ1v) is 6.88. The third-order valence-electron chi connectivity index (χ3n) is 3.96. The van der Waals surface area contributed by atoms with Crippen LogP contribution in [0.1, 0.15) is 37.9 Å². The molecule has 4 nitrogen and oxygen atoms in total. The molecule has 1 saturated heterocycles. The highest BCUT2D eigenvalue weighted by Crippen LogP contribution is 2.30. The lowest BCUT2D eigenvalue weighted by Crippen LogP contribution is -2.50. The molecule has 0 amide bonds. The SMILES string of the molecule is Cc1ccc(C#N)c(NCC2NCCCC2(C)C)n1. The zero-order valence-electron chi connectivity index (χ0n) is 12.0. The molecule has 2 rings (SSSR count). The van der Waals surface area contributed by atoms with Gasteiger partial charge in [-0.1, -0.05) is 13.8 Å². The summed E-state index contributed by atoms with van der Waals surface area (Å²) in [4.78, 5) is 4.41. The minimum atomic E-state index is 0.280. The summed E-state index contributed by atoms with van der Waals surface area (Å²) in [5, 5.41) is 16.0. The molecule has 0 spiro atoms. The van der Waals surface area contributed by atoms with Crippen molar-refractivity contribution in [1.82, 2.24) is 10.3 Å². The maximum Gasteiger partial charge on any atom is 0.144 e. The Hall–Kier alpha value is -1.60. The van der Waals surface area contributed by atoms with Crippen LogP contribution in [0.5, 0.6) is 0 Å². The topological polar surface area (TPSA) is 60.7 Å². The van der Waals surface area contributed by atoms with Gasteiger partial charge in [-0.3, -0.25) is 0 Å². The van der Waals surface area contributed by atoms with E-state index in [2.05, 4.69) is 35.5 Å². The van der Waals surface area contributed by atoms with Crippen molar-refractivity contribution in [2.75, 3.05) is 18.4 Å². The number of nitriles is 1. The van der Waals surface area contributed by atoms with Crippen molar-refractivity contribution in [2.45, 2.75) is 39.7 Å².